The van der Waals surface area contributed by atoms with Gasteiger partial charge in [-0.05, 0) is 48.9 Å². The van der Waals surface area contributed by atoms with Crippen molar-refractivity contribution >= 4 is 27.5 Å². The van der Waals surface area contributed by atoms with Gasteiger partial charge < -0.3 is 10.0 Å². The van der Waals surface area contributed by atoms with Gasteiger partial charge in [0.25, 0.3) is 0 Å². The molecule has 0 fully saturated rings. The van der Waals surface area contributed by atoms with Gasteiger partial charge in [0.05, 0.1) is 6.10 Å². The van der Waals surface area contributed by atoms with Crippen LogP contribution in [-0.2, 0) is 6.54 Å². The molecule has 0 aliphatic carbocycles. The summed E-state index contributed by atoms with van der Waals surface area (Å²) in [5, 5.41) is 11.0. The number of hydrogen-bond acceptors (Lipinski definition) is 2. The molecule has 0 spiro atoms. The molecule has 0 aliphatic rings. The first-order chi connectivity index (χ1) is 10.0. The first kappa shape index (κ1) is 16.5. The third-order valence-electron chi connectivity index (χ3n) is 3.36. The molecule has 112 valence electrons. The Kier molecular flexibility index (Phi) is 6.24. The van der Waals surface area contributed by atoms with Crippen molar-refractivity contribution in [2.75, 3.05) is 13.6 Å². The zero-order valence-corrected chi connectivity index (χ0v) is 14.3. The van der Waals surface area contributed by atoms with Crippen molar-refractivity contribution in [3.8, 4) is 0 Å². The van der Waals surface area contributed by atoms with Gasteiger partial charge in [0, 0.05) is 22.6 Å². The quantitative estimate of drug-likeness (QED) is 0.801. The van der Waals surface area contributed by atoms with E-state index in [-0.39, 0.29) is 0 Å². The number of aliphatic hydroxyl groups excluding tert-OH is 1. The zero-order chi connectivity index (χ0) is 15.2. The Bertz CT molecular complexity index is 591. The Morgan fingerprint density at radius 3 is 2.67 bits per heavy atom. The SMILES string of the molecule is CN(CCC(O)c1cccc(Br)c1)Cc1cccc(Cl)c1. The average Bonchev–Trinajstić information content (AvgIpc) is 2.45. The van der Waals surface area contributed by atoms with Gasteiger partial charge in [0.15, 0.2) is 0 Å². The van der Waals surface area contributed by atoms with Gasteiger partial charge in [-0.25, -0.2) is 0 Å². The molecular weight excluding hydrogens is 350 g/mol. The summed E-state index contributed by atoms with van der Waals surface area (Å²) in [4.78, 5) is 2.19. The van der Waals surface area contributed by atoms with Crippen LogP contribution in [0.3, 0.4) is 0 Å². The van der Waals surface area contributed by atoms with Crippen molar-refractivity contribution in [1.29, 1.82) is 0 Å². The van der Waals surface area contributed by atoms with E-state index in [0.29, 0.717) is 6.42 Å². The van der Waals surface area contributed by atoms with Crippen LogP contribution >= 0.6 is 27.5 Å². The number of nitrogens with zero attached hydrogens (tertiary/aromatic N) is 1. The summed E-state index contributed by atoms with van der Waals surface area (Å²) in [6, 6.07) is 15.7. The van der Waals surface area contributed by atoms with Gasteiger partial charge in [-0.1, -0.05) is 51.8 Å². The van der Waals surface area contributed by atoms with Crippen LogP contribution in [0.4, 0.5) is 0 Å². The first-order valence-corrected chi connectivity index (χ1v) is 8.08. The highest BCUT2D eigenvalue weighted by Crippen LogP contribution is 2.21. The summed E-state index contributed by atoms with van der Waals surface area (Å²) in [5.74, 6) is 0. The van der Waals surface area contributed by atoms with Crippen molar-refractivity contribution in [3.05, 3.63) is 69.2 Å². The van der Waals surface area contributed by atoms with E-state index in [2.05, 4.69) is 33.9 Å². The maximum absolute atomic E-state index is 10.2. The molecule has 0 saturated heterocycles. The number of aliphatic hydroxyl groups is 1. The van der Waals surface area contributed by atoms with Crippen LogP contribution in [0.1, 0.15) is 23.7 Å². The van der Waals surface area contributed by atoms with E-state index in [0.717, 1.165) is 28.1 Å². The van der Waals surface area contributed by atoms with Crippen LogP contribution in [0.25, 0.3) is 0 Å². The van der Waals surface area contributed by atoms with E-state index in [1.165, 1.54) is 5.56 Å². The van der Waals surface area contributed by atoms with Gasteiger partial charge in [0.1, 0.15) is 0 Å². The minimum Gasteiger partial charge on any atom is -0.388 e. The molecule has 2 aromatic rings. The second-order valence-corrected chi connectivity index (χ2v) is 6.58. The summed E-state index contributed by atoms with van der Waals surface area (Å²) >= 11 is 9.42. The van der Waals surface area contributed by atoms with Gasteiger partial charge in [-0.15, -0.1) is 0 Å². The molecule has 4 heteroatoms. The maximum atomic E-state index is 10.2. The van der Waals surface area contributed by atoms with Crippen molar-refractivity contribution in [2.24, 2.45) is 0 Å². The smallest absolute Gasteiger partial charge is 0.0802 e. The third kappa shape index (κ3) is 5.44. The number of halogens is 2. The molecule has 2 rings (SSSR count). The van der Waals surface area contributed by atoms with Crippen molar-refractivity contribution in [1.82, 2.24) is 4.90 Å². The Labute approximate surface area is 139 Å². The third-order valence-corrected chi connectivity index (χ3v) is 4.09. The van der Waals surface area contributed by atoms with Crippen molar-refractivity contribution in [3.63, 3.8) is 0 Å². The minimum absolute atomic E-state index is 0.440. The van der Waals surface area contributed by atoms with Crippen LogP contribution in [0.5, 0.6) is 0 Å². The highest BCUT2D eigenvalue weighted by Gasteiger charge is 2.09. The Balaban J connectivity index is 1.85. The lowest BCUT2D eigenvalue weighted by atomic mass is 10.1. The van der Waals surface area contributed by atoms with E-state index >= 15 is 0 Å². The molecule has 0 radical (unpaired) electrons. The Hall–Kier alpha value is -0.870. The minimum atomic E-state index is -0.440. The molecule has 0 amide bonds. The predicted octanol–water partition coefficient (Wildman–Crippen LogP) is 4.66. The number of rotatable bonds is 6. The van der Waals surface area contributed by atoms with E-state index in [1.54, 1.807) is 0 Å². The van der Waals surface area contributed by atoms with Crippen molar-refractivity contribution in [2.45, 2.75) is 19.1 Å². The van der Waals surface area contributed by atoms with Crippen LogP contribution in [0.2, 0.25) is 5.02 Å². The summed E-state index contributed by atoms with van der Waals surface area (Å²) in [6.45, 7) is 1.64. The highest BCUT2D eigenvalue weighted by molar-refractivity contribution is 9.10. The normalized spacial score (nSPS) is 12.6. The van der Waals surface area contributed by atoms with E-state index in [9.17, 15) is 5.11 Å². The fraction of sp³-hybridized carbons (Fsp3) is 0.294. The van der Waals surface area contributed by atoms with Crippen LogP contribution < -0.4 is 0 Å². The summed E-state index contributed by atoms with van der Waals surface area (Å²) < 4.78 is 0.992. The molecule has 21 heavy (non-hydrogen) atoms. The van der Waals surface area contributed by atoms with E-state index in [1.807, 2.05) is 42.5 Å². The molecule has 2 nitrogen and oxygen atoms in total. The fourth-order valence-corrected chi connectivity index (χ4v) is 2.88. The Morgan fingerprint density at radius 1 is 1.19 bits per heavy atom. The maximum Gasteiger partial charge on any atom is 0.0802 e. The summed E-state index contributed by atoms with van der Waals surface area (Å²) in [7, 11) is 2.05. The lowest BCUT2D eigenvalue weighted by Crippen LogP contribution is -2.20. The topological polar surface area (TPSA) is 23.5 Å². The molecule has 0 aliphatic heterocycles. The lowest BCUT2D eigenvalue weighted by molar-refractivity contribution is 0.147. The molecule has 0 saturated carbocycles. The summed E-state index contributed by atoms with van der Waals surface area (Å²) in [5.41, 5.74) is 2.13. The standard InChI is InChI=1S/C17H19BrClNO/c1-20(12-13-4-2-7-16(19)10-13)9-8-17(21)14-5-3-6-15(18)11-14/h2-7,10-11,17,21H,8-9,12H2,1H3. The average molecular weight is 369 g/mol. The molecule has 1 unspecified atom stereocenters. The van der Waals surface area contributed by atoms with Gasteiger partial charge in [0.2, 0.25) is 0 Å². The molecule has 2 aromatic carbocycles. The van der Waals surface area contributed by atoms with E-state index < -0.39 is 6.10 Å². The molecule has 0 bridgehead atoms. The predicted molar refractivity (Wildman–Crippen MR) is 91.5 cm³/mol. The second kappa shape index (κ2) is 7.95. The van der Waals surface area contributed by atoms with Crippen LogP contribution in [0.15, 0.2) is 53.0 Å². The fourth-order valence-electron chi connectivity index (χ4n) is 2.25. The number of benzene rings is 2. The van der Waals surface area contributed by atoms with Crippen LogP contribution in [0, 0.1) is 0 Å². The monoisotopic (exact) mass is 367 g/mol. The number of hydrogen-bond donors (Lipinski definition) is 1. The summed E-state index contributed by atoms with van der Waals surface area (Å²) in [6.07, 6.45) is 0.261. The van der Waals surface area contributed by atoms with Crippen LogP contribution in [-0.4, -0.2) is 23.6 Å². The van der Waals surface area contributed by atoms with E-state index in [4.69, 9.17) is 11.6 Å². The van der Waals surface area contributed by atoms with Gasteiger partial charge in [-0.3, -0.25) is 0 Å². The molecule has 0 aromatic heterocycles. The van der Waals surface area contributed by atoms with Gasteiger partial charge >= 0.3 is 0 Å². The molecular formula is C17H19BrClNO. The Morgan fingerprint density at radius 2 is 1.95 bits per heavy atom. The molecule has 0 heterocycles. The van der Waals surface area contributed by atoms with Gasteiger partial charge in [-0.2, -0.15) is 0 Å². The largest absolute Gasteiger partial charge is 0.388 e. The van der Waals surface area contributed by atoms with Crippen molar-refractivity contribution < 1.29 is 5.11 Å². The lowest BCUT2D eigenvalue weighted by Gasteiger charge is -2.19. The molecule has 1 N–H and O–H groups in total. The second-order valence-electron chi connectivity index (χ2n) is 5.23. The molecule has 1 atom stereocenters. The first-order valence-electron chi connectivity index (χ1n) is 6.91. The highest BCUT2D eigenvalue weighted by atomic mass is 79.9. The zero-order valence-electron chi connectivity index (χ0n) is 12.0.